The van der Waals surface area contributed by atoms with Crippen molar-refractivity contribution in [1.82, 2.24) is 15.1 Å². The maximum absolute atomic E-state index is 12.6. The molecule has 2 heterocycles. The van der Waals surface area contributed by atoms with Crippen LogP contribution in [0.15, 0.2) is 0 Å². The van der Waals surface area contributed by atoms with Gasteiger partial charge in [-0.25, -0.2) is 0 Å². The van der Waals surface area contributed by atoms with Crippen molar-refractivity contribution in [2.24, 2.45) is 5.41 Å². The van der Waals surface area contributed by atoms with Gasteiger partial charge in [0.15, 0.2) is 0 Å². The molecule has 0 aromatic carbocycles. The van der Waals surface area contributed by atoms with Gasteiger partial charge < -0.3 is 15.1 Å². The lowest BCUT2D eigenvalue weighted by Crippen LogP contribution is -2.66. The van der Waals surface area contributed by atoms with Gasteiger partial charge in [0.1, 0.15) is 5.54 Å². The van der Waals surface area contributed by atoms with Gasteiger partial charge in [0.2, 0.25) is 11.8 Å². The lowest BCUT2D eigenvalue weighted by molar-refractivity contribution is -0.151. The van der Waals surface area contributed by atoms with Crippen LogP contribution < -0.4 is 5.32 Å². The predicted octanol–water partition coefficient (Wildman–Crippen LogP) is 0.845. The number of nitrogens with zero attached hydrogens (tertiary/aromatic N) is 2. The molecule has 1 atom stereocenters. The molecule has 2 aliphatic heterocycles. The topological polar surface area (TPSA) is 52.7 Å². The van der Waals surface area contributed by atoms with E-state index in [1.165, 1.54) is 0 Å². The number of piperidine rings is 1. The maximum Gasteiger partial charge on any atom is 0.248 e. The van der Waals surface area contributed by atoms with Crippen molar-refractivity contribution in [3.05, 3.63) is 0 Å². The summed E-state index contributed by atoms with van der Waals surface area (Å²) in [6.07, 6.45) is 2.79. The predicted molar refractivity (Wildman–Crippen MR) is 78.3 cm³/mol. The quantitative estimate of drug-likeness (QED) is 0.834. The van der Waals surface area contributed by atoms with E-state index in [-0.39, 0.29) is 23.8 Å². The Bertz CT molecular complexity index is 402. The minimum atomic E-state index is -0.725. The minimum Gasteiger partial charge on any atom is -0.340 e. The van der Waals surface area contributed by atoms with Gasteiger partial charge in [-0.2, -0.15) is 0 Å². The van der Waals surface area contributed by atoms with Crippen molar-refractivity contribution in [2.45, 2.75) is 45.6 Å². The highest BCUT2D eigenvalue weighted by Gasteiger charge is 2.43. The second kappa shape index (κ2) is 5.35. The number of piperazine rings is 1. The van der Waals surface area contributed by atoms with Gasteiger partial charge in [-0.15, -0.1) is 0 Å². The van der Waals surface area contributed by atoms with Crippen molar-refractivity contribution in [1.29, 1.82) is 0 Å². The minimum absolute atomic E-state index is 0.0366. The van der Waals surface area contributed by atoms with Crippen LogP contribution in [0, 0.1) is 5.41 Å². The monoisotopic (exact) mass is 281 g/mol. The molecule has 20 heavy (non-hydrogen) atoms. The summed E-state index contributed by atoms with van der Waals surface area (Å²) >= 11 is 0. The lowest BCUT2D eigenvalue weighted by Gasteiger charge is -2.45. The van der Waals surface area contributed by atoms with Crippen LogP contribution in [0.2, 0.25) is 0 Å². The highest BCUT2D eigenvalue weighted by atomic mass is 16.2. The largest absolute Gasteiger partial charge is 0.340 e. The van der Waals surface area contributed by atoms with Crippen LogP contribution in [0.4, 0.5) is 0 Å². The highest BCUT2D eigenvalue weighted by Crippen LogP contribution is 2.32. The van der Waals surface area contributed by atoms with Crippen molar-refractivity contribution in [2.75, 3.05) is 33.2 Å². The Morgan fingerprint density at radius 3 is 2.35 bits per heavy atom. The molecule has 1 N–H and O–H groups in total. The molecule has 5 heteroatoms. The van der Waals surface area contributed by atoms with E-state index < -0.39 is 5.54 Å². The van der Waals surface area contributed by atoms with E-state index in [1.54, 1.807) is 4.90 Å². The van der Waals surface area contributed by atoms with Crippen molar-refractivity contribution >= 4 is 11.8 Å². The fourth-order valence-electron chi connectivity index (χ4n) is 3.14. The number of nitrogens with one attached hydrogen (secondary N) is 1. The number of hydrogen-bond acceptors (Lipinski definition) is 3. The molecule has 0 radical (unpaired) electrons. The summed E-state index contributed by atoms with van der Waals surface area (Å²) in [5.74, 6) is 0.0326. The normalized spacial score (nSPS) is 31.3. The molecule has 2 aliphatic rings. The van der Waals surface area contributed by atoms with Gasteiger partial charge in [0.05, 0.1) is 6.54 Å². The molecule has 2 fully saturated rings. The standard InChI is InChI=1S/C15H27N3O2/c1-5-15(3)13(20)18(10-12(19)16-15)11-14(2)6-8-17(4)9-7-14/h5-11H2,1-4H3,(H,16,19). The molecule has 2 amide bonds. The Balaban J connectivity index is 2.08. The van der Waals surface area contributed by atoms with E-state index in [0.717, 1.165) is 25.9 Å². The summed E-state index contributed by atoms with van der Waals surface area (Å²) in [5, 5.41) is 2.84. The van der Waals surface area contributed by atoms with Gasteiger partial charge in [-0.05, 0) is 51.7 Å². The fourth-order valence-corrected chi connectivity index (χ4v) is 3.14. The van der Waals surface area contributed by atoms with Crippen LogP contribution in [0.1, 0.15) is 40.0 Å². The van der Waals surface area contributed by atoms with E-state index in [2.05, 4.69) is 24.2 Å². The molecule has 1 unspecified atom stereocenters. The average molecular weight is 281 g/mol. The second-order valence-corrected chi connectivity index (χ2v) is 7.01. The van der Waals surface area contributed by atoms with Gasteiger partial charge in [0, 0.05) is 6.54 Å². The van der Waals surface area contributed by atoms with Gasteiger partial charge in [0.25, 0.3) is 0 Å². The third-order valence-corrected chi connectivity index (χ3v) is 4.98. The molecular weight excluding hydrogens is 254 g/mol. The van der Waals surface area contributed by atoms with Crippen LogP contribution in [-0.4, -0.2) is 60.4 Å². The molecule has 0 aliphatic carbocycles. The van der Waals surface area contributed by atoms with E-state index in [9.17, 15) is 9.59 Å². The number of carbonyl (C=O) groups is 2. The number of carbonyl (C=O) groups excluding carboxylic acids is 2. The molecular formula is C15H27N3O2. The molecule has 0 aromatic rings. The van der Waals surface area contributed by atoms with Crippen molar-refractivity contribution in [3.8, 4) is 0 Å². The maximum atomic E-state index is 12.6. The van der Waals surface area contributed by atoms with E-state index in [4.69, 9.17) is 0 Å². The summed E-state index contributed by atoms with van der Waals surface area (Å²) < 4.78 is 0. The number of amides is 2. The zero-order valence-electron chi connectivity index (χ0n) is 13.2. The Hall–Kier alpha value is -1.10. The zero-order chi connectivity index (χ0) is 15.0. The molecule has 2 saturated heterocycles. The van der Waals surface area contributed by atoms with Gasteiger partial charge in [-0.1, -0.05) is 13.8 Å². The smallest absolute Gasteiger partial charge is 0.248 e. The zero-order valence-corrected chi connectivity index (χ0v) is 13.2. The third-order valence-electron chi connectivity index (χ3n) is 4.98. The van der Waals surface area contributed by atoms with E-state index in [0.29, 0.717) is 13.0 Å². The van der Waals surface area contributed by atoms with Crippen LogP contribution in [-0.2, 0) is 9.59 Å². The van der Waals surface area contributed by atoms with E-state index in [1.807, 2.05) is 13.8 Å². The Morgan fingerprint density at radius 1 is 1.20 bits per heavy atom. The van der Waals surface area contributed by atoms with Crippen molar-refractivity contribution in [3.63, 3.8) is 0 Å². The van der Waals surface area contributed by atoms with Crippen LogP contribution >= 0.6 is 0 Å². The molecule has 114 valence electrons. The molecule has 0 spiro atoms. The van der Waals surface area contributed by atoms with Gasteiger partial charge >= 0.3 is 0 Å². The number of hydrogen-bond donors (Lipinski definition) is 1. The molecule has 0 bridgehead atoms. The van der Waals surface area contributed by atoms with Crippen molar-refractivity contribution < 1.29 is 9.59 Å². The summed E-state index contributed by atoms with van der Waals surface area (Å²) in [5.41, 5.74) is -0.592. The molecule has 0 saturated carbocycles. The van der Waals surface area contributed by atoms with E-state index >= 15 is 0 Å². The average Bonchev–Trinajstić information content (AvgIpc) is 2.39. The highest BCUT2D eigenvalue weighted by molar-refractivity contribution is 5.97. The molecule has 2 rings (SSSR count). The van der Waals surface area contributed by atoms with Crippen LogP contribution in [0.25, 0.3) is 0 Å². The third kappa shape index (κ3) is 2.97. The first kappa shape index (κ1) is 15.3. The Morgan fingerprint density at radius 2 is 1.80 bits per heavy atom. The first-order valence-electron chi connectivity index (χ1n) is 7.57. The molecule has 5 nitrogen and oxygen atoms in total. The van der Waals surface area contributed by atoms with Gasteiger partial charge in [-0.3, -0.25) is 9.59 Å². The summed E-state index contributed by atoms with van der Waals surface area (Å²) in [4.78, 5) is 28.6. The van der Waals surface area contributed by atoms with Crippen LogP contribution in [0.5, 0.6) is 0 Å². The first-order chi connectivity index (χ1) is 9.28. The second-order valence-electron chi connectivity index (χ2n) is 7.01. The fraction of sp³-hybridized carbons (Fsp3) is 0.867. The van der Waals surface area contributed by atoms with Crippen LogP contribution in [0.3, 0.4) is 0 Å². The first-order valence-corrected chi connectivity index (χ1v) is 7.57. The number of likely N-dealkylation sites (tertiary alicyclic amines) is 1. The number of rotatable bonds is 3. The lowest BCUT2D eigenvalue weighted by atomic mass is 9.79. The Kier molecular flexibility index (Phi) is 4.09. The molecule has 0 aromatic heterocycles. The summed E-state index contributed by atoms with van der Waals surface area (Å²) in [6.45, 7) is 9.05. The Labute approximate surface area is 121 Å². The SMILES string of the molecule is CCC1(C)NC(=O)CN(CC2(C)CCN(C)CC2)C1=O. The summed E-state index contributed by atoms with van der Waals surface area (Å²) in [7, 11) is 2.13. The summed E-state index contributed by atoms with van der Waals surface area (Å²) in [6, 6.07) is 0.